The molecule has 3 rings (SSSR count). The number of halogens is 1. The van der Waals surface area contributed by atoms with Gasteiger partial charge in [-0.05, 0) is 30.5 Å². The van der Waals surface area contributed by atoms with Crippen LogP contribution < -0.4 is 5.32 Å². The summed E-state index contributed by atoms with van der Waals surface area (Å²) >= 11 is 6.15. The molecule has 2 fully saturated rings. The Balaban J connectivity index is 1.53. The van der Waals surface area contributed by atoms with Gasteiger partial charge < -0.3 is 15.1 Å². The molecule has 1 aliphatic carbocycles. The van der Waals surface area contributed by atoms with Gasteiger partial charge in [0, 0.05) is 51.1 Å². The molecule has 0 bridgehead atoms. The number of amides is 3. The lowest BCUT2D eigenvalue weighted by Crippen LogP contribution is -2.50. The molecular weight excluding hydrogens is 378 g/mol. The molecule has 0 radical (unpaired) electrons. The molecule has 1 saturated carbocycles. The maximum absolute atomic E-state index is 13.0. The molecule has 1 aliphatic heterocycles. The first-order chi connectivity index (χ1) is 13.4. The van der Waals surface area contributed by atoms with Gasteiger partial charge >= 0.3 is 0 Å². The highest BCUT2D eigenvalue weighted by Gasteiger charge is 2.42. The van der Waals surface area contributed by atoms with Crippen LogP contribution in [-0.4, -0.2) is 60.2 Å². The number of nitrogens with one attached hydrogen (secondary N) is 1. The van der Waals surface area contributed by atoms with Gasteiger partial charge in [0.1, 0.15) is 0 Å². The third-order valence-electron chi connectivity index (χ3n) is 5.97. The minimum Gasteiger partial charge on any atom is -0.355 e. The van der Waals surface area contributed by atoms with Crippen molar-refractivity contribution in [2.24, 2.45) is 0 Å². The smallest absolute Gasteiger partial charge is 0.230 e. The number of carbonyl (C=O) groups excluding carboxylic acids is 3. The van der Waals surface area contributed by atoms with Crippen molar-refractivity contribution in [2.75, 3.05) is 32.7 Å². The van der Waals surface area contributed by atoms with Gasteiger partial charge in [-0.3, -0.25) is 14.4 Å². The number of hydrogen-bond donors (Lipinski definition) is 1. The molecule has 0 spiro atoms. The van der Waals surface area contributed by atoms with Crippen LogP contribution in [0.15, 0.2) is 24.3 Å². The Hall–Kier alpha value is -2.08. The Morgan fingerprint density at radius 1 is 1.07 bits per heavy atom. The maximum atomic E-state index is 13.0. The Labute approximate surface area is 171 Å². The average molecular weight is 406 g/mol. The van der Waals surface area contributed by atoms with Crippen LogP contribution in [0.1, 0.15) is 44.6 Å². The number of hydrogen-bond acceptors (Lipinski definition) is 3. The van der Waals surface area contributed by atoms with Gasteiger partial charge in [-0.25, -0.2) is 0 Å². The molecule has 1 saturated heterocycles. The SMILES string of the molecule is CC(=O)N1CCN(C(=O)CCNC(=O)C2(c3cccc(Cl)c3)CCCC2)CC1. The fourth-order valence-electron chi connectivity index (χ4n) is 4.29. The summed E-state index contributed by atoms with van der Waals surface area (Å²) in [5.41, 5.74) is 0.419. The van der Waals surface area contributed by atoms with E-state index in [1.165, 1.54) is 0 Å². The standard InChI is InChI=1S/C21H28ClN3O3/c1-16(26)24-11-13-25(14-12-24)19(27)7-10-23-20(28)21(8-2-3-9-21)17-5-4-6-18(22)15-17/h4-6,15H,2-3,7-14H2,1H3,(H,23,28). The van der Waals surface area contributed by atoms with Crippen molar-refractivity contribution < 1.29 is 14.4 Å². The first-order valence-corrected chi connectivity index (χ1v) is 10.4. The fourth-order valence-corrected chi connectivity index (χ4v) is 4.48. The molecule has 1 aromatic rings. The Bertz CT molecular complexity index is 738. The minimum absolute atomic E-state index is 0.0125. The summed E-state index contributed by atoms with van der Waals surface area (Å²) in [5, 5.41) is 3.62. The summed E-state index contributed by atoms with van der Waals surface area (Å²) in [6, 6.07) is 7.55. The molecule has 1 heterocycles. The summed E-state index contributed by atoms with van der Waals surface area (Å²) in [6.45, 7) is 4.13. The maximum Gasteiger partial charge on any atom is 0.230 e. The van der Waals surface area contributed by atoms with Gasteiger partial charge in [0.25, 0.3) is 0 Å². The highest BCUT2D eigenvalue weighted by atomic mass is 35.5. The van der Waals surface area contributed by atoms with E-state index in [0.717, 1.165) is 31.2 Å². The van der Waals surface area contributed by atoms with E-state index in [1.54, 1.807) is 16.7 Å². The van der Waals surface area contributed by atoms with Crippen LogP contribution >= 0.6 is 11.6 Å². The molecule has 3 amide bonds. The quantitative estimate of drug-likeness (QED) is 0.817. The van der Waals surface area contributed by atoms with Gasteiger partial charge in [0.05, 0.1) is 5.41 Å². The molecule has 1 aromatic carbocycles. The van der Waals surface area contributed by atoms with Crippen molar-refractivity contribution in [3.05, 3.63) is 34.9 Å². The van der Waals surface area contributed by atoms with Crippen molar-refractivity contribution in [2.45, 2.75) is 44.4 Å². The van der Waals surface area contributed by atoms with Gasteiger partial charge in [0.15, 0.2) is 0 Å². The lowest BCUT2D eigenvalue weighted by molar-refractivity contribution is -0.138. The summed E-state index contributed by atoms with van der Waals surface area (Å²) in [7, 11) is 0. The zero-order valence-corrected chi connectivity index (χ0v) is 17.1. The summed E-state index contributed by atoms with van der Waals surface area (Å²) in [5.74, 6) is 0.0513. The van der Waals surface area contributed by atoms with E-state index < -0.39 is 5.41 Å². The molecule has 0 unspecified atom stereocenters. The van der Waals surface area contributed by atoms with Crippen LogP contribution in [0.4, 0.5) is 0 Å². The normalized spacial score (nSPS) is 18.8. The summed E-state index contributed by atoms with van der Waals surface area (Å²) in [6.07, 6.45) is 3.91. The van der Waals surface area contributed by atoms with E-state index in [4.69, 9.17) is 11.6 Å². The second-order valence-electron chi connectivity index (χ2n) is 7.69. The van der Waals surface area contributed by atoms with Gasteiger partial charge in [-0.1, -0.05) is 36.6 Å². The van der Waals surface area contributed by atoms with Crippen molar-refractivity contribution in [1.29, 1.82) is 0 Å². The number of carbonyl (C=O) groups is 3. The number of rotatable bonds is 5. The largest absolute Gasteiger partial charge is 0.355 e. The minimum atomic E-state index is -0.541. The Kier molecular flexibility index (Phi) is 6.60. The van der Waals surface area contributed by atoms with Crippen molar-refractivity contribution in [3.8, 4) is 0 Å². The molecule has 6 nitrogen and oxygen atoms in total. The van der Waals surface area contributed by atoms with E-state index in [1.807, 2.05) is 24.3 Å². The van der Waals surface area contributed by atoms with Crippen LogP contribution in [0.25, 0.3) is 0 Å². The van der Waals surface area contributed by atoms with Gasteiger partial charge in [-0.2, -0.15) is 0 Å². The second kappa shape index (κ2) is 8.95. The predicted octanol–water partition coefficient (Wildman–Crippen LogP) is 2.35. The second-order valence-corrected chi connectivity index (χ2v) is 8.13. The van der Waals surface area contributed by atoms with E-state index in [2.05, 4.69) is 5.32 Å². The number of nitrogens with zero attached hydrogens (tertiary/aromatic N) is 2. The van der Waals surface area contributed by atoms with Gasteiger partial charge in [0.2, 0.25) is 17.7 Å². The zero-order chi connectivity index (χ0) is 20.1. The first-order valence-electron chi connectivity index (χ1n) is 10.00. The average Bonchev–Trinajstić information content (AvgIpc) is 3.19. The Morgan fingerprint density at radius 2 is 1.71 bits per heavy atom. The van der Waals surface area contributed by atoms with E-state index >= 15 is 0 Å². The highest BCUT2D eigenvalue weighted by molar-refractivity contribution is 6.30. The molecule has 28 heavy (non-hydrogen) atoms. The molecular formula is C21H28ClN3O3. The summed E-state index contributed by atoms with van der Waals surface area (Å²) in [4.78, 5) is 40.4. The monoisotopic (exact) mass is 405 g/mol. The fraction of sp³-hybridized carbons (Fsp3) is 0.571. The van der Waals surface area contributed by atoms with Crippen LogP contribution in [0.5, 0.6) is 0 Å². The van der Waals surface area contributed by atoms with E-state index in [-0.39, 0.29) is 24.1 Å². The number of piperazine rings is 1. The molecule has 2 aliphatic rings. The van der Waals surface area contributed by atoms with E-state index in [0.29, 0.717) is 37.7 Å². The molecule has 7 heteroatoms. The first kappa shape index (κ1) is 20.6. The van der Waals surface area contributed by atoms with Crippen LogP contribution in [-0.2, 0) is 19.8 Å². The van der Waals surface area contributed by atoms with Crippen molar-refractivity contribution in [1.82, 2.24) is 15.1 Å². The van der Waals surface area contributed by atoms with Crippen molar-refractivity contribution in [3.63, 3.8) is 0 Å². The van der Waals surface area contributed by atoms with Crippen LogP contribution in [0, 0.1) is 0 Å². The number of benzene rings is 1. The zero-order valence-electron chi connectivity index (χ0n) is 16.4. The third kappa shape index (κ3) is 4.49. The lowest BCUT2D eigenvalue weighted by atomic mass is 9.78. The third-order valence-corrected chi connectivity index (χ3v) is 6.21. The Morgan fingerprint density at radius 3 is 2.32 bits per heavy atom. The topological polar surface area (TPSA) is 69.7 Å². The summed E-state index contributed by atoms with van der Waals surface area (Å²) < 4.78 is 0. The molecule has 0 aromatic heterocycles. The van der Waals surface area contributed by atoms with E-state index in [9.17, 15) is 14.4 Å². The lowest BCUT2D eigenvalue weighted by Gasteiger charge is -2.34. The van der Waals surface area contributed by atoms with Crippen LogP contribution in [0.3, 0.4) is 0 Å². The predicted molar refractivity (Wildman–Crippen MR) is 108 cm³/mol. The molecule has 1 N–H and O–H groups in total. The van der Waals surface area contributed by atoms with Gasteiger partial charge in [-0.15, -0.1) is 0 Å². The van der Waals surface area contributed by atoms with Crippen molar-refractivity contribution >= 4 is 29.3 Å². The molecule has 0 atom stereocenters. The molecule has 152 valence electrons. The van der Waals surface area contributed by atoms with Crippen LogP contribution in [0.2, 0.25) is 5.02 Å². The highest BCUT2D eigenvalue weighted by Crippen LogP contribution is 2.42.